The van der Waals surface area contributed by atoms with Crippen molar-refractivity contribution in [2.24, 2.45) is 11.3 Å². The quantitative estimate of drug-likeness (QED) is 0.893. The summed E-state index contributed by atoms with van der Waals surface area (Å²) >= 11 is 0. The summed E-state index contributed by atoms with van der Waals surface area (Å²) in [7, 11) is 0. The molecule has 1 amide bonds. The molecule has 1 aliphatic heterocycles. The monoisotopic (exact) mass is 335 g/mol. The van der Waals surface area contributed by atoms with Crippen LogP contribution in [0.5, 0.6) is 0 Å². The zero-order valence-corrected chi connectivity index (χ0v) is 15.2. The van der Waals surface area contributed by atoms with Crippen molar-refractivity contribution in [1.29, 1.82) is 0 Å². The molecule has 1 unspecified atom stereocenters. The number of amides is 1. The highest BCUT2D eigenvalue weighted by atomic mass is 16.5. The van der Waals surface area contributed by atoms with Crippen LogP contribution in [0.2, 0.25) is 0 Å². The fourth-order valence-electron chi connectivity index (χ4n) is 4.19. The molecule has 1 aliphatic carbocycles. The van der Waals surface area contributed by atoms with Crippen LogP contribution in [-0.4, -0.2) is 54.9 Å². The van der Waals surface area contributed by atoms with Crippen LogP contribution in [0.15, 0.2) is 4.52 Å². The molecule has 2 heterocycles. The lowest BCUT2D eigenvalue weighted by atomic mass is 9.64. The molecule has 1 saturated carbocycles. The fourth-order valence-corrected chi connectivity index (χ4v) is 4.19. The Hall–Kier alpha value is -1.40. The fraction of sp³-hybridized carbons (Fsp3) is 0.778. The Morgan fingerprint density at radius 3 is 2.75 bits per heavy atom. The first-order valence-electron chi connectivity index (χ1n) is 8.88. The maximum Gasteiger partial charge on any atom is 0.256 e. The van der Waals surface area contributed by atoms with E-state index in [1.807, 2.05) is 0 Å². The number of carbonyl (C=O) groups excluding carboxylic acids is 1. The first-order valence-corrected chi connectivity index (χ1v) is 8.88. The van der Waals surface area contributed by atoms with Crippen LogP contribution in [0.4, 0.5) is 0 Å². The molecule has 24 heavy (non-hydrogen) atoms. The molecule has 0 aromatic carbocycles. The van der Waals surface area contributed by atoms with Gasteiger partial charge in [-0.15, -0.1) is 0 Å². The Labute approximate surface area is 143 Å². The predicted molar refractivity (Wildman–Crippen MR) is 91.0 cm³/mol. The second-order valence-electron chi connectivity index (χ2n) is 8.07. The highest BCUT2D eigenvalue weighted by molar-refractivity contribution is 5.96. The molecule has 0 radical (unpaired) electrons. The SMILES string of the molecule is Cc1noc(C)c1C(=O)NCC1COCCN1CC1CC(C)(C)C1. The molecule has 1 atom stereocenters. The normalized spacial score (nSPS) is 24.6. The number of nitrogens with zero attached hydrogens (tertiary/aromatic N) is 2. The van der Waals surface area contributed by atoms with E-state index in [2.05, 4.69) is 29.2 Å². The molecule has 1 aromatic heterocycles. The van der Waals surface area contributed by atoms with Gasteiger partial charge < -0.3 is 14.6 Å². The summed E-state index contributed by atoms with van der Waals surface area (Å²) in [6.45, 7) is 12.3. The van der Waals surface area contributed by atoms with Crippen LogP contribution in [-0.2, 0) is 4.74 Å². The molecule has 1 aromatic rings. The summed E-state index contributed by atoms with van der Waals surface area (Å²) in [5.41, 5.74) is 1.70. The predicted octanol–water partition coefficient (Wildman–Crippen LogP) is 2.16. The van der Waals surface area contributed by atoms with Gasteiger partial charge in [0, 0.05) is 19.6 Å². The van der Waals surface area contributed by atoms with Crippen LogP contribution in [0.1, 0.15) is 48.5 Å². The highest BCUT2D eigenvalue weighted by Crippen LogP contribution is 2.45. The van der Waals surface area contributed by atoms with E-state index in [9.17, 15) is 4.79 Å². The van der Waals surface area contributed by atoms with Gasteiger partial charge in [-0.1, -0.05) is 19.0 Å². The van der Waals surface area contributed by atoms with Crippen molar-refractivity contribution in [3.63, 3.8) is 0 Å². The maximum atomic E-state index is 12.4. The molecule has 6 nitrogen and oxygen atoms in total. The number of aromatic nitrogens is 1. The first-order chi connectivity index (χ1) is 11.4. The molecular formula is C18H29N3O3. The molecule has 6 heteroatoms. The van der Waals surface area contributed by atoms with E-state index in [1.165, 1.54) is 12.8 Å². The Morgan fingerprint density at radius 2 is 2.12 bits per heavy atom. The van der Waals surface area contributed by atoms with Gasteiger partial charge in [-0.25, -0.2) is 0 Å². The summed E-state index contributed by atoms with van der Waals surface area (Å²) in [5, 5.41) is 6.88. The van der Waals surface area contributed by atoms with Crippen LogP contribution in [0.25, 0.3) is 0 Å². The molecule has 1 saturated heterocycles. The molecule has 2 aliphatic rings. The number of aryl methyl sites for hydroxylation is 2. The average Bonchev–Trinajstić information content (AvgIpc) is 2.83. The Kier molecular flexibility index (Phi) is 4.97. The third-order valence-corrected chi connectivity index (χ3v) is 5.28. The van der Waals surface area contributed by atoms with E-state index in [-0.39, 0.29) is 11.9 Å². The van der Waals surface area contributed by atoms with Crippen molar-refractivity contribution < 1.29 is 14.1 Å². The van der Waals surface area contributed by atoms with Crippen molar-refractivity contribution in [3.05, 3.63) is 17.0 Å². The van der Waals surface area contributed by atoms with Gasteiger partial charge in [0.25, 0.3) is 5.91 Å². The maximum absolute atomic E-state index is 12.4. The molecule has 2 fully saturated rings. The zero-order chi connectivity index (χ0) is 17.3. The van der Waals surface area contributed by atoms with E-state index < -0.39 is 0 Å². The minimum absolute atomic E-state index is 0.110. The summed E-state index contributed by atoms with van der Waals surface area (Å²) < 4.78 is 10.7. The largest absolute Gasteiger partial charge is 0.378 e. The third-order valence-electron chi connectivity index (χ3n) is 5.28. The van der Waals surface area contributed by atoms with E-state index >= 15 is 0 Å². The number of morpholine rings is 1. The smallest absolute Gasteiger partial charge is 0.256 e. The van der Waals surface area contributed by atoms with Gasteiger partial charge in [-0.2, -0.15) is 0 Å². The second kappa shape index (κ2) is 6.84. The average molecular weight is 335 g/mol. The third kappa shape index (κ3) is 3.81. The Morgan fingerprint density at radius 1 is 1.38 bits per heavy atom. The van der Waals surface area contributed by atoms with Crippen LogP contribution >= 0.6 is 0 Å². The summed E-state index contributed by atoms with van der Waals surface area (Å²) in [6.07, 6.45) is 2.59. The van der Waals surface area contributed by atoms with Gasteiger partial charge in [-0.05, 0) is 38.0 Å². The minimum atomic E-state index is -0.110. The summed E-state index contributed by atoms with van der Waals surface area (Å²) in [4.78, 5) is 14.9. The lowest BCUT2D eigenvalue weighted by molar-refractivity contribution is -0.0330. The summed E-state index contributed by atoms with van der Waals surface area (Å²) in [5.74, 6) is 1.24. The topological polar surface area (TPSA) is 67.6 Å². The lowest BCUT2D eigenvalue weighted by Crippen LogP contribution is -2.54. The lowest BCUT2D eigenvalue weighted by Gasteiger charge is -2.47. The summed E-state index contributed by atoms with van der Waals surface area (Å²) in [6, 6.07) is 0.242. The van der Waals surface area contributed by atoms with Crippen molar-refractivity contribution >= 4 is 5.91 Å². The first kappa shape index (κ1) is 17.4. The van der Waals surface area contributed by atoms with Gasteiger partial charge in [0.05, 0.1) is 24.9 Å². The Bertz CT molecular complexity index is 569. The van der Waals surface area contributed by atoms with Crippen LogP contribution in [0, 0.1) is 25.2 Å². The molecule has 0 spiro atoms. The van der Waals surface area contributed by atoms with Gasteiger partial charge >= 0.3 is 0 Å². The van der Waals surface area contributed by atoms with Crippen molar-refractivity contribution in [3.8, 4) is 0 Å². The van der Waals surface area contributed by atoms with Crippen LogP contribution in [0.3, 0.4) is 0 Å². The van der Waals surface area contributed by atoms with E-state index in [1.54, 1.807) is 13.8 Å². The zero-order valence-electron chi connectivity index (χ0n) is 15.2. The van der Waals surface area contributed by atoms with Crippen molar-refractivity contribution in [1.82, 2.24) is 15.4 Å². The number of carbonyl (C=O) groups is 1. The van der Waals surface area contributed by atoms with E-state index in [0.717, 1.165) is 25.6 Å². The number of nitrogens with one attached hydrogen (secondary N) is 1. The molecule has 3 rings (SSSR count). The molecule has 134 valence electrons. The molecule has 0 bridgehead atoms. The van der Waals surface area contributed by atoms with Crippen molar-refractivity contribution in [2.45, 2.75) is 46.6 Å². The number of hydrogen-bond acceptors (Lipinski definition) is 5. The standard InChI is InChI=1S/C18H29N3O3/c1-12-16(13(2)24-20-12)17(22)19-9-15-11-23-6-5-21(15)10-14-7-18(3,4)8-14/h14-15H,5-11H2,1-4H3,(H,19,22). The van der Waals surface area contributed by atoms with Gasteiger partial charge in [0.15, 0.2) is 0 Å². The minimum Gasteiger partial charge on any atom is -0.378 e. The number of ether oxygens (including phenoxy) is 1. The Balaban J connectivity index is 1.53. The highest BCUT2D eigenvalue weighted by Gasteiger charge is 2.38. The van der Waals surface area contributed by atoms with Gasteiger partial charge in [0.1, 0.15) is 11.3 Å². The van der Waals surface area contributed by atoms with E-state index in [4.69, 9.17) is 9.26 Å². The van der Waals surface area contributed by atoms with Crippen molar-refractivity contribution in [2.75, 3.05) is 32.8 Å². The van der Waals surface area contributed by atoms with E-state index in [0.29, 0.717) is 35.6 Å². The molecular weight excluding hydrogens is 306 g/mol. The van der Waals surface area contributed by atoms with Gasteiger partial charge in [-0.3, -0.25) is 9.69 Å². The second-order valence-corrected chi connectivity index (χ2v) is 8.07. The van der Waals surface area contributed by atoms with Crippen LogP contribution < -0.4 is 5.32 Å². The van der Waals surface area contributed by atoms with Gasteiger partial charge in [0.2, 0.25) is 0 Å². The number of rotatable bonds is 5. The molecule has 1 N–H and O–H groups in total. The number of hydrogen-bond donors (Lipinski definition) is 1.